The van der Waals surface area contributed by atoms with Crippen molar-refractivity contribution < 1.29 is 8.78 Å². The highest BCUT2D eigenvalue weighted by atomic mass is 127. The molecule has 148 valence electrons. The zero-order chi connectivity index (χ0) is 20.7. The fourth-order valence-corrected chi connectivity index (χ4v) is 4.70. The van der Waals surface area contributed by atoms with Gasteiger partial charge in [-0.2, -0.15) is 0 Å². The molecule has 0 unspecified atom stereocenters. The van der Waals surface area contributed by atoms with E-state index in [0.717, 1.165) is 14.5 Å². The van der Waals surface area contributed by atoms with Crippen molar-refractivity contribution in [3.05, 3.63) is 56.8 Å². The van der Waals surface area contributed by atoms with Crippen LogP contribution in [-0.2, 0) is 5.54 Å². The number of nitrogens with one attached hydrogen (secondary N) is 2. The Morgan fingerprint density at radius 1 is 1.07 bits per heavy atom. The van der Waals surface area contributed by atoms with Crippen LogP contribution in [0, 0.1) is 29.1 Å². The fourth-order valence-electron chi connectivity index (χ4n) is 4.12. The summed E-state index contributed by atoms with van der Waals surface area (Å²) in [4.78, 5) is 3.16. The largest absolute Gasteiger partial charge is 0.371 e. The Morgan fingerprint density at radius 3 is 2.59 bits per heavy atom. The van der Waals surface area contributed by atoms with Crippen LogP contribution in [0.3, 0.4) is 0 Å². The van der Waals surface area contributed by atoms with Crippen molar-refractivity contribution in [3.8, 4) is 16.8 Å². The Balaban J connectivity index is 1.87. The number of hydrogen-bond acceptors (Lipinski definition) is 3. The van der Waals surface area contributed by atoms with E-state index in [1.165, 1.54) is 12.1 Å². The molecular formula is C21H18F2IN5. The van der Waals surface area contributed by atoms with Crippen molar-refractivity contribution in [2.45, 2.75) is 33.2 Å². The molecule has 4 aromatic rings. The topological polar surface area (TPSA) is 58.5 Å². The van der Waals surface area contributed by atoms with Crippen molar-refractivity contribution in [2.24, 2.45) is 0 Å². The zero-order valence-electron chi connectivity index (χ0n) is 16.3. The van der Waals surface area contributed by atoms with Crippen molar-refractivity contribution >= 4 is 39.2 Å². The smallest absolute Gasteiger partial charge is 0.162 e. The van der Waals surface area contributed by atoms with Gasteiger partial charge in [-0.1, -0.05) is 0 Å². The van der Waals surface area contributed by atoms with Crippen molar-refractivity contribution in [2.75, 3.05) is 5.32 Å². The molecule has 5 rings (SSSR count). The Labute approximate surface area is 179 Å². The second-order valence-electron chi connectivity index (χ2n) is 7.95. The van der Waals surface area contributed by atoms with Gasteiger partial charge >= 0.3 is 0 Å². The summed E-state index contributed by atoms with van der Waals surface area (Å²) in [6.45, 7) is 7.69. The van der Waals surface area contributed by atoms with Gasteiger partial charge in [0.15, 0.2) is 11.6 Å². The zero-order valence-corrected chi connectivity index (χ0v) is 18.4. The molecule has 0 fully saturated rings. The van der Waals surface area contributed by atoms with Crippen LogP contribution >= 0.6 is 22.6 Å². The molecule has 2 aromatic carbocycles. The minimum Gasteiger partial charge on any atom is -0.371 e. The highest BCUT2D eigenvalue weighted by molar-refractivity contribution is 14.1. The third-order valence-electron chi connectivity index (χ3n) is 5.48. The van der Waals surface area contributed by atoms with E-state index in [2.05, 4.69) is 43.1 Å². The third-order valence-corrected chi connectivity index (χ3v) is 6.37. The van der Waals surface area contributed by atoms with E-state index in [4.69, 9.17) is 0 Å². The van der Waals surface area contributed by atoms with E-state index >= 15 is 4.39 Å². The number of aromatic nitrogens is 4. The monoisotopic (exact) mass is 505 g/mol. The van der Waals surface area contributed by atoms with Gasteiger partial charge < -0.3 is 10.3 Å². The van der Waals surface area contributed by atoms with Gasteiger partial charge in [0.1, 0.15) is 17.3 Å². The van der Waals surface area contributed by atoms with Gasteiger partial charge in [0, 0.05) is 26.3 Å². The molecule has 5 nitrogen and oxygen atoms in total. The molecule has 0 spiro atoms. The van der Waals surface area contributed by atoms with Gasteiger partial charge in [0.25, 0.3) is 0 Å². The van der Waals surface area contributed by atoms with Crippen LogP contribution in [0.25, 0.3) is 27.7 Å². The van der Waals surface area contributed by atoms with E-state index in [9.17, 15) is 4.39 Å². The number of hydrogen-bond donors (Lipinski definition) is 2. The minimum atomic E-state index is -0.505. The number of benzene rings is 2. The van der Waals surface area contributed by atoms with Crippen molar-refractivity contribution in [3.63, 3.8) is 0 Å². The van der Waals surface area contributed by atoms with Crippen LogP contribution in [0.4, 0.5) is 14.5 Å². The molecule has 3 heterocycles. The summed E-state index contributed by atoms with van der Waals surface area (Å²) in [7, 11) is 0. The molecule has 0 radical (unpaired) electrons. The third kappa shape index (κ3) is 2.54. The summed E-state index contributed by atoms with van der Waals surface area (Å²) in [6, 6.07) is 4.61. The number of fused-ring (bicyclic) bond motifs is 4. The van der Waals surface area contributed by atoms with Crippen LogP contribution in [0.2, 0.25) is 0 Å². The van der Waals surface area contributed by atoms with Crippen molar-refractivity contribution in [1.82, 2.24) is 19.7 Å². The molecule has 2 N–H and O–H groups in total. The maximum absolute atomic E-state index is 16.0. The van der Waals surface area contributed by atoms with Crippen LogP contribution in [0.5, 0.6) is 0 Å². The van der Waals surface area contributed by atoms with Crippen LogP contribution in [0.1, 0.15) is 31.1 Å². The molecule has 29 heavy (non-hydrogen) atoms. The average molecular weight is 505 g/mol. The molecule has 8 heteroatoms. The Bertz CT molecular complexity index is 1320. The predicted octanol–water partition coefficient (Wildman–Crippen LogP) is 5.58. The highest BCUT2D eigenvalue weighted by Gasteiger charge is 2.37. The first kappa shape index (κ1) is 18.5. The molecule has 0 aliphatic carbocycles. The number of rotatable bonds is 1. The van der Waals surface area contributed by atoms with Gasteiger partial charge in [-0.25, -0.2) is 8.78 Å². The standard InChI is InChI=1S/C21H18F2IN5/c1-9-5-12(13-6-11(22)7-14-15(24)8-25-18(13)14)16(23)19-17(9)26-21(3,4)20-28-27-10(2)29(19)20/h5-8,25-26H,1-4H3. The summed E-state index contributed by atoms with van der Waals surface area (Å²) in [5.74, 6) is 0.399. The number of anilines is 1. The van der Waals surface area contributed by atoms with E-state index in [1.54, 1.807) is 23.8 Å². The quantitative estimate of drug-likeness (QED) is 0.333. The van der Waals surface area contributed by atoms with E-state index in [0.29, 0.717) is 39.7 Å². The first-order valence-electron chi connectivity index (χ1n) is 9.19. The average Bonchev–Trinajstić information content (AvgIpc) is 3.22. The summed E-state index contributed by atoms with van der Waals surface area (Å²) in [5, 5.41) is 12.6. The second-order valence-corrected chi connectivity index (χ2v) is 9.11. The highest BCUT2D eigenvalue weighted by Crippen LogP contribution is 2.44. The van der Waals surface area contributed by atoms with Gasteiger partial charge in [0.05, 0.1) is 16.7 Å². The number of aromatic amines is 1. The molecule has 0 saturated heterocycles. The van der Waals surface area contributed by atoms with Gasteiger partial charge in [-0.3, -0.25) is 4.57 Å². The summed E-state index contributed by atoms with van der Waals surface area (Å²) in [5.41, 5.74) is 2.96. The maximum atomic E-state index is 16.0. The molecule has 2 aromatic heterocycles. The molecular weight excluding hydrogens is 487 g/mol. The number of halogens is 3. The fraction of sp³-hybridized carbons (Fsp3) is 0.238. The van der Waals surface area contributed by atoms with Crippen LogP contribution in [0.15, 0.2) is 24.4 Å². The minimum absolute atomic E-state index is 0.338. The lowest BCUT2D eigenvalue weighted by atomic mass is 9.93. The molecule has 0 amide bonds. The molecule has 0 bridgehead atoms. The van der Waals surface area contributed by atoms with Gasteiger partial charge in [-0.05, 0) is 74.0 Å². The Hall–Kier alpha value is -2.49. The molecule has 1 aliphatic rings. The molecule has 0 atom stereocenters. The lowest BCUT2D eigenvalue weighted by molar-refractivity contribution is 0.522. The maximum Gasteiger partial charge on any atom is 0.162 e. The number of H-pyrrole nitrogens is 1. The summed E-state index contributed by atoms with van der Waals surface area (Å²) >= 11 is 2.14. The lowest BCUT2D eigenvalue weighted by Crippen LogP contribution is -2.36. The van der Waals surface area contributed by atoms with E-state index < -0.39 is 17.2 Å². The Morgan fingerprint density at radius 2 is 1.83 bits per heavy atom. The lowest BCUT2D eigenvalue weighted by Gasteiger charge is -2.35. The first-order valence-corrected chi connectivity index (χ1v) is 10.3. The van der Waals surface area contributed by atoms with E-state index in [1.807, 2.05) is 20.8 Å². The first-order chi connectivity index (χ1) is 13.7. The van der Waals surface area contributed by atoms with Crippen molar-refractivity contribution in [1.29, 1.82) is 0 Å². The van der Waals surface area contributed by atoms with Gasteiger partial charge in [-0.15, -0.1) is 10.2 Å². The number of aryl methyl sites for hydroxylation is 2. The summed E-state index contributed by atoms with van der Waals surface area (Å²) in [6.07, 6.45) is 1.80. The molecule has 1 aliphatic heterocycles. The van der Waals surface area contributed by atoms with E-state index in [-0.39, 0.29) is 0 Å². The van der Waals surface area contributed by atoms with Crippen LogP contribution < -0.4 is 5.32 Å². The molecule has 0 saturated carbocycles. The SMILES string of the molecule is Cc1cc(-c2cc(F)cc3c(I)c[nH]c23)c(F)c2c1NC(C)(C)c1nnc(C)n1-2. The normalized spacial score (nSPS) is 14.6. The number of nitrogens with zero attached hydrogens (tertiary/aromatic N) is 3. The van der Waals surface area contributed by atoms with Gasteiger partial charge in [0.2, 0.25) is 0 Å². The van der Waals surface area contributed by atoms with Crippen LogP contribution in [-0.4, -0.2) is 19.7 Å². The summed E-state index contributed by atoms with van der Waals surface area (Å²) < 4.78 is 33.0. The predicted molar refractivity (Wildman–Crippen MR) is 117 cm³/mol. The Kier molecular flexibility index (Phi) is 3.84. The second kappa shape index (κ2) is 6.01.